The Morgan fingerprint density at radius 2 is 2.00 bits per heavy atom. The molecular formula is C15H25NO2S. The highest BCUT2D eigenvalue weighted by molar-refractivity contribution is 7.85. The fourth-order valence-corrected chi connectivity index (χ4v) is 3.42. The fourth-order valence-electron chi connectivity index (χ4n) is 1.82. The third-order valence-electron chi connectivity index (χ3n) is 3.53. The standard InChI is InChI=1S/C15H25NO2S/c1-11(2)12(3)19(17)10-15(16-4)13-7-6-8-14(9-13)18-5/h6-9,11-12,15-16H,10H2,1-5H3. The van der Waals surface area contributed by atoms with Crippen LogP contribution in [0, 0.1) is 5.92 Å². The predicted molar refractivity (Wildman–Crippen MR) is 82.1 cm³/mol. The topological polar surface area (TPSA) is 38.3 Å². The van der Waals surface area contributed by atoms with Gasteiger partial charge in [-0.3, -0.25) is 4.21 Å². The lowest BCUT2D eigenvalue weighted by atomic mass is 10.1. The summed E-state index contributed by atoms with van der Waals surface area (Å²) in [7, 11) is 2.73. The van der Waals surface area contributed by atoms with Crippen LogP contribution in [0.25, 0.3) is 0 Å². The normalized spacial score (nSPS) is 16.1. The lowest BCUT2D eigenvalue weighted by molar-refractivity contribution is 0.413. The molecule has 1 N–H and O–H groups in total. The molecule has 0 amide bonds. The number of methoxy groups -OCH3 is 1. The molecule has 0 saturated carbocycles. The van der Waals surface area contributed by atoms with Gasteiger partial charge < -0.3 is 10.1 Å². The van der Waals surface area contributed by atoms with Gasteiger partial charge in [-0.05, 0) is 30.7 Å². The Kier molecular flexibility index (Phi) is 6.52. The first-order valence-corrected chi connectivity index (χ1v) is 8.06. The number of hydrogen-bond donors (Lipinski definition) is 1. The molecular weight excluding hydrogens is 258 g/mol. The summed E-state index contributed by atoms with van der Waals surface area (Å²) in [6, 6.07) is 8.02. The van der Waals surface area contributed by atoms with Crippen molar-refractivity contribution in [2.45, 2.75) is 32.1 Å². The zero-order valence-corrected chi connectivity index (χ0v) is 13.3. The van der Waals surface area contributed by atoms with Crippen molar-refractivity contribution in [1.82, 2.24) is 5.32 Å². The van der Waals surface area contributed by atoms with Crippen molar-refractivity contribution in [3.8, 4) is 5.75 Å². The Morgan fingerprint density at radius 3 is 2.53 bits per heavy atom. The Labute approximate surface area is 119 Å². The maximum absolute atomic E-state index is 12.3. The van der Waals surface area contributed by atoms with Gasteiger partial charge in [0.05, 0.1) is 7.11 Å². The van der Waals surface area contributed by atoms with Crippen molar-refractivity contribution in [3.05, 3.63) is 29.8 Å². The van der Waals surface area contributed by atoms with E-state index in [0.717, 1.165) is 11.3 Å². The lowest BCUT2D eigenvalue weighted by Crippen LogP contribution is -2.28. The summed E-state index contributed by atoms with van der Waals surface area (Å²) in [5.74, 6) is 1.90. The van der Waals surface area contributed by atoms with E-state index in [4.69, 9.17) is 4.74 Å². The summed E-state index contributed by atoms with van der Waals surface area (Å²) in [6.45, 7) is 6.28. The molecule has 0 heterocycles. The summed E-state index contributed by atoms with van der Waals surface area (Å²) in [4.78, 5) is 0. The van der Waals surface area contributed by atoms with Crippen LogP contribution in [0.4, 0.5) is 0 Å². The van der Waals surface area contributed by atoms with E-state index in [0.29, 0.717) is 11.7 Å². The Hall–Kier alpha value is -0.870. The molecule has 19 heavy (non-hydrogen) atoms. The van der Waals surface area contributed by atoms with E-state index in [1.807, 2.05) is 31.3 Å². The lowest BCUT2D eigenvalue weighted by Gasteiger charge is -2.21. The van der Waals surface area contributed by atoms with Gasteiger partial charge >= 0.3 is 0 Å². The van der Waals surface area contributed by atoms with Crippen LogP contribution in [0.3, 0.4) is 0 Å². The molecule has 0 radical (unpaired) electrons. The number of hydrogen-bond acceptors (Lipinski definition) is 3. The van der Waals surface area contributed by atoms with E-state index in [-0.39, 0.29) is 11.3 Å². The summed E-state index contributed by atoms with van der Waals surface area (Å²) in [6.07, 6.45) is 0. The average Bonchev–Trinajstić information content (AvgIpc) is 2.43. The maximum atomic E-state index is 12.3. The van der Waals surface area contributed by atoms with Crippen molar-refractivity contribution in [2.24, 2.45) is 5.92 Å². The second kappa shape index (κ2) is 7.65. The molecule has 3 atom stereocenters. The van der Waals surface area contributed by atoms with Crippen LogP contribution in [0.5, 0.6) is 5.75 Å². The van der Waals surface area contributed by atoms with Gasteiger partial charge in [0.1, 0.15) is 5.75 Å². The first-order chi connectivity index (χ1) is 8.99. The van der Waals surface area contributed by atoms with Gasteiger partial charge in [0, 0.05) is 27.8 Å². The molecule has 0 aliphatic carbocycles. The Morgan fingerprint density at radius 1 is 1.32 bits per heavy atom. The quantitative estimate of drug-likeness (QED) is 0.836. The minimum Gasteiger partial charge on any atom is -0.497 e. The largest absolute Gasteiger partial charge is 0.497 e. The Bertz CT molecular complexity index is 420. The predicted octanol–water partition coefficient (Wildman–Crippen LogP) is 2.75. The van der Waals surface area contributed by atoms with E-state index in [1.165, 1.54) is 0 Å². The van der Waals surface area contributed by atoms with Crippen LogP contribution in [0.2, 0.25) is 0 Å². The fraction of sp³-hybridized carbons (Fsp3) is 0.600. The van der Waals surface area contributed by atoms with Gasteiger partial charge in [0.2, 0.25) is 0 Å². The van der Waals surface area contributed by atoms with E-state index in [2.05, 4.69) is 26.1 Å². The molecule has 4 heteroatoms. The molecule has 3 unspecified atom stereocenters. The molecule has 1 aromatic carbocycles. The summed E-state index contributed by atoms with van der Waals surface area (Å²) < 4.78 is 17.6. The van der Waals surface area contributed by atoms with Crippen molar-refractivity contribution >= 4 is 10.8 Å². The SMILES string of the molecule is CNC(CS(=O)C(C)C(C)C)c1cccc(OC)c1. The van der Waals surface area contributed by atoms with Gasteiger partial charge in [-0.15, -0.1) is 0 Å². The molecule has 0 aliphatic heterocycles. The van der Waals surface area contributed by atoms with Crippen LogP contribution < -0.4 is 10.1 Å². The summed E-state index contributed by atoms with van der Waals surface area (Å²) in [5.41, 5.74) is 1.12. The molecule has 1 rings (SSSR count). The highest BCUT2D eigenvalue weighted by Gasteiger charge is 2.20. The van der Waals surface area contributed by atoms with Crippen LogP contribution >= 0.6 is 0 Å². The van der Waals surface area contributed by atoms with Crippen molar-refractivity contribution in [3.63, 3.8) is 0 Å². The van der Waals surface area contributed by atoms with Crippen LogP contribution in [-0.2, 0) is 10.8 Å². The molecule has 0 aliphatic rings. The average molecular weight is 283 g/mol. The maximum Gasteiger partial charge on any atom is 0.119 e. The highest BCUT2D eigenvalue weighted by atomic mass is 32.2. The van der Waals surface area contributed by atoms with Gasteiger partial charge in [-0.1, -0.05) is 32.9 Å². The molecule has 0 bridgehead atoms. The van der Waals surface area contributed by atoms with Gasteiger partial charge in [0.25, 0.3) is 0 Å². The van der Waals surface area contributed by atoms with Crippen molar-refractivity contribution in [1.29, 1.82) is 0 Å². The van der Waals surface area contributed by atoms with Crippen LogP contribution in [0.1, 0.15) is 32.4 Å². The number of rotatable bonds is 7. The number of ether oxygens (including phenoxy) is 1. The zero-order valence-electron chi connectivity index (χ0n) is 12.5. The first kappa shape index (κ1) is 16.2. The van der Waals surface area contributed by atoms with E-state index in [9.17, 15) is 4.21 Å². The highest BCUT2D eigenvalue weighted by Crippen LogP contribution is 2.21. The molecule has 0 fully saturated rings. The first-order valence-electron chi connectivity index (χ1n) is 6.68. The zero-order chi connectivity index (χ0) is 14.4. The van der Waals surface area contributed by atoms with Gasteiger partial charge in [0.15, 0.2) is 0 Å². The second-order valence-corrected chi connectivity index (χ2v) is 6.95. The molecule has 3 nitrogen and oxygen atoms in total. The third kappa shape index (κ3) is 4.62. The minimum absolute atomic E-state index is 0.0946. The monoisotopic (exact) mass is 283 g/mol. The van der Waals surface area contributed by atoms with Crippen LogP contribution in [0.15, 0.2) is 24.3 Å². The van der Waals surface area contributed by atoms with Crippen molar-refractivity contribution < 1.29 is 8.95 Å². The smallest absolute Gasteiger partial charge is 0.119 e. The van der Waals surface area contributed by atoms with Gasteiger partial charge in [-0.2, -0.15) is 0 Å². The van der Waals surface area contributed by atoms with Crippen LogP contribution in [-0.4, -0.2) is 29.4 Å². The third-order valence-corrected chi connectivity index (χ3v) is 5.56. The molecule has 1 aromatic rings. The number of nitrogens with one attached hydrogen (secondary N) is 1. The van der Waals surface area contributed by atoms with Crippen molar-refractivity contribution in [2.75, 3.05) is 19.9 Å². The van der Waals surface area contributed by atoms with E-state index in [1.54, 1.807) is 7.11 Å². The van der Waals surface area contributed by atoms with E-state index < -0.39 is 10.8 Å². The summed E-state index contributed by atoms with van der Waals surface area (Å²) >= 11 is 0. The summed E-state index contributed by atoms with van der Waals surface area (Å²) in [5, 5.41) is 3.46. The minimum atomic E-state index is -0.837. The molecule has 0 aromatic heterocycles. The molecule has 0 saturated heterocycles. The number of benzene rings is 1. The van der Waals surface area contributed by atoms with Gasteiger partial charge in [-0.25, -0.2) is 0 Å². The Balaban J connectivity index is 2.80. The molecule has 108 valence electrons. The second-order valence-electron chi connectivity index (χ2n) is 5.11. The molecule has 0 spiro atoms. The van der Waals surface area contributed by atoms with E-state index >= 15 is 0 Å².